The summed E-state index contributed by atoms with van der Waals surface area (Å²) in [5.74, 6) is 0.436. The van der Waals surface area contributed by atoms with Gasteiger partial charge in [-0.25, -0.2) is 9.97 Å². The molecule has 0 aliphatic carbocycles. The molecule has 86 valence electrons. The van der Waals surface area contributed by atoms with Crippen LogP contribution >= 0.6 is 0 Å². The molecular formula is C11H12N6. The average Bonchev–Trinajstić information content (AvgIpc) is 2.85. The van der Waals surface area contributed by atoms with Crippen molar-refractivity contribution >= 4 is 11.5 Å². The van der Waals surface area contributed by atoms with Crippen LogP contribution in [-0.4, -0.2) is 24.1 Å². The molecule has 3 heterocycles. The molecule has 0 bridgehead atoms. The summed E-state index contributed by atoms with van der Waals surface area (Å²) in [6.45, 7) is 1.93. The number of nitrogen functional groups attached to an aromatic ring is 1. The number of nitrogens with zero attached hydrogens (tertiary/aromatic N) is 5. The minimum Gasteiger partial charge on any atom is -0.381 e. The van der Waals surface area contributed by atoms with Gasteiger partial charge in [0.2, 0.25) is 0 Å². The Labute approximate surface area is 97.7 Å². The standard InChI is InChI=1S/C11H12N6/c1-7-5-17-9(8-3-14-16(2)6-8)4-13-10(12)11(17)15-7/h3-6H,1-2H3,(H2,12,13). The largest absolute Gasteiger partial charge is 0.381 e. The van der Waals surface area contributed by atoms with Gasteiger partial charge in [0.1, 0.15) is 0 Å². The minimum atomic E-state index is 0.436. The van der Waals surface area contributed by atoms with E-state index < -0.39 is 0 Å². The molecule has 0 radical (unpaired) electrons. The van der Waals surface area contributed by atoms with Crippen LogP contribution in [0.15, 0.2) is 24.8 Å². The van der Waals surface area contributed by atoms with Crippen LogP contribution in [0.3, 0.4) is 0 Å². The smallest absolute Gasteiger partial charge is 0.180 e. The first-order valence-corrected chi connectivity index (χ1v) is 5.24. The molecule has 0 aromatic carbocycles. The third-order valence-corrected chi connectivity index (χ3v) is 2.64. The highest BCUT2D eigenvalue weighted by Crippen LogP contribution is 2.22. The quantitative estimate of drug-likeness (QED) is 0.674. The summed E-state index contributed by atoms with van der Waals surface area (Å²) in [5, 5.41) is 4.15. The van der Waals surface area contributed by atoms with Crippen molar-refractivity contribution in [3.05, 3.63) is 30.5 Å². The highest BCUT2D eigenvalue weighted by molar-refractivity contribution is 5.68. The second kappa shape index (κ2) is 3.31. The normalized spacial score (nSPS) is 11.2. The van der Waals surface area contributed by atoms with Crippen LogP contribution < -0.4 is 5.73 Å². The molecule has 3 aromatic rings. The van der Waals surface area contributed by atoms with E-state index in [9.17, 15) is 0 Å². The Bertz CT molecular complexity index is 693. The zero-order chi connectivity index (χ0) is 12.0. The summed E-state index contributed by atoms with van der Waals surface area (Å²) in [5.41, 5.74) is 9.32. The van der Waals surface area contributed by atoms with E-state index in [1.807, 2.05) is 30.8 Å². The Kier molecular flexibility index (Phi) is 1.91. The lowest BCUT2D eigenvalue weighted by atomic mass is 10.2. The maximum atomic E-state index is 5.81. The number of aryl methyl sites for hydroxylation is 2. The maximum absolute atomic E-state index is 5.81. The number of hydrogen-bond donors (Lipinski definition) is 1. The Morgan fingerprint density at radius 2 is 2.06 bits per heavy atom. The first-order chi connectivity index (χ1) is 8.15. The fourth-order valence-electron chi connectivity index (χ4n) is 1.88. The Hall–Kier alpha value is -2.37. The number of rotatable bonds is 1. The topological polar surface area (TPSA) is 74.0 Å². The van der Waals surface area contributed by atoms with E-state index in [1.54, 1.807) is 17.1 Å². The lowest BCUT2D eigenvalue weighted by molar-refractivity contribution is 0.768. The van der Waals surface area contributed by atoms with Crippen molar-refractivity contribution in [2.45, 2.75) is 6.92 Å². The monoisotopic (exact) mass is 228 g/mol. The summed E-state index contributed by atoms with van der Waals surface area (Å²) >= 11 is 0. The zero-order valence-electron chi connectivity index (χ0n) is 9.62. The molecule has 0 saturated heterocycles. The third-order valence-electron chi connectivity index (χ3n) is 2.64. The van der Waals surface area contributed by atoms with Crippen molar-refractivity contribution < 1.29 is 0 Å². The van der Waals surface area contributed by atoms with Gasteiger partial charge in [0.15, 0.2) is 11.5 Å². The Morgan fingerprint density at radius 3 is 2.76 bits per heavy atom. The van der Waals surface area contributed by atoms with E-state index in [2.05, 4.69) is 15.1 Å². The Balaban J connectivity index is 2.33. The van der Waals surface area contributed by atoms with Crippen molar-refractivity contribution in [3.63, 3.8) is 0 Å². The maximum Gasteiger partial charge on any atom is 0.180 e. The average molecular weight is 228 g/mol. The number of anilines is 1. The van der Waals surface area contributed by atoms with Crippen LogP contribution in [0.5, 0.6) is 0 Å². The third kappa shape index (κ3) is 1.45. The van der Waals surface area contributed by atoms with Gasteiger partial charge in [0.05, 0.1) is 23.8 Å². The van der Waals surface area contributed by atoms with E-state index in [-0.39, 0.29) is 0 Å². The van der Waals surface area contributed by atoms with Crippen molar-refractivity contribution in [2.75, 3.05) is 5.73 Å². The molecule has 0 fully saturated rings. The van der Waals surface area contributed by atoms with Crippen LogP contribution in [-0.2, 0) is 7.05 Å². The van der Waals surface area contributed by atoms with E-state index in [4.69, 9.17) is 5.73 Å². The van der Waals surface area contributed by atoms with Gasteiger partial charge in [-0.1, -0.05) is 0 Å². The molecule has 0 unspecified atom stereocenters. The molecule has 17 heavy (non-hydrogen) atoms. The molecule has 0 aliphatic rings. The van der Waals surface area contributed by atoms with Crippen LogP contribution in [0.4, 0.5) is 5.82 Å². The van der Waals surface area contributed by atoms with Gasteiger partial charge in [0.25, 0.3) is 0 Å². The highest BCUT2D eigenvalue weighted by atomic mass is 15.2. The Morgan fingerprint density at radius 1 is 1.24 bits per heavy atom. The molecule has 0 atom stereocenters. The molecule has 3 aromatic heterocycles. The molecule has 2 N–H and O–H groups in total. The summed E-state index contributed by atoms with van der Waals surface area (Å²) in [7, 11) is 1.88. The molecule has 0 amide bonds. The van der Waals surface area contributed by atoms with Crippen LogP contribution in [0.1, 0.15) is 5.69 Å². The van der Waals surface area contributed by atoms with Crippen LogP contribution in [0.2, 0.25) is 0 Å². The first-order valence-electron chi connectivity index (χ1n) is 5.24. The summed E-state index contributed by atoms with van der Waals surface area (Å²) in [6.07, 6.45) is 7.40. The summed E-state index contributed by atoms with van der Waals surface area (Å²) in [4.78, 5) is 8.52. The van der Waals surface area contributed by atoms with Gasteiger partial charge in [-0.05, 0) is 6.92 Å². The van der Waals surface area contributed by atoms with E-state index in [0.29, 0.717) is 11.5 Å². The first kappa shape index (κ1) is 9.83. The van der Waals surface area contributed by atoms with E-state index >= 15 is 0 Å². The lowest BCUT2D eigenvalue weighted by Crippen LogP contribution is -1.98. The fraction of sp³-hybridized carbons (Fsp3) is 0.182. The number of fused-ring (bicyclic) bond motifs is 1. The predicted molar refractivity (Wildman–Crippen MR) is 64.3 cm³/mol. The zero-order valence-corrected chi connectivity index (χ0v) is 9.62. The SMILES string of the molecule is Cc1cn2c(-c3cnn(C)c3)cnc(N)c2n1. The number of imidazole rings is 1. The van der Waals surface area contributed by atoms with Gasteiger partial charge in [0, 0.05) is 25.0 Å². The van der Waals surface area contributed by atoms with Gasteiger partial charge >= 0.3 is 0 Å². The molecule has 6 nitrogen and oxygen atoms in total. The molecular weight excluding hydrogens is 216 g/mol. The van der Waals surface area contributed by atoms with Crippen LogP contribution in [0, 0.1) is 6.92 Å². The number of aromatic nitrogens is 5. The van der Waals surface area contributed by atoms with Gasteiger partial charge in [-0.15, -0.1) is 0 Å². The van der Waals surface area contributed by atoms with Crippen molar-refractivity contribution in [2.24, 2.45) is 7.05 Å². The molecule has 3 rings (SSSR count). The summed E-state index contributed by atoms with van der Waals surface area (Å²) < 4.78 is 3.69. The predicted octanol–water partition coefficient (Wildman–Crippen LogP) is 1.02. The van der Waals surface area contributed by atoms with Crippen molar-refractivity contribution in [1.29, 1.82) is 0 Å². The van der Waals surface area contributed by atoms with E-state index in [1.165, 1.54) is 0 Å². The van der Waals surface area contributed by atoms with Crippen LogP contribution in [0.25, 0.3) is 16.9 Å². The fourth-order valence-corrected chi connectivity index (χ4v) is 1.88. The van der Waals surface area contributed by atoms with Crippen molar-refractivity contribution in [3.8, 4) is 11.3 Å². The minimum absolute atomic E-state index is 0.436. The molecule has 0 saturated carbocycles. The lowest BCUT2D eigenvalue weighted by Gasteiger charge is -2.03. The molecule has 0 spiro atoms. The summed E-state index contributed by atoms with van der Waals surface area (Å²) in [6, 6.07) is 0. The van der Waals surface area contributed by atoms with Gasteiger partial charge < -0.3 is 5.73 Å². The van der Waals surface area contributed by atoms with Crippen molar-refractivity contribution in [1.82, 2.24) is 24.1 Å². The second-order valence-electron chi connectivity index (χ2n) is 4.01. The van der Waals surface area contributed by atoms with Gasteiger partial charge in [-0.3, -0.25) is 9.08 Å². The second-order valence-corrected chi connectivity index (χ2v) is 4.01. The highest BCUT2D eigenvalue weighted by Gasteiger charge is 2.10. The molecule has 6 heteroatoms. The molecule has 0 aliphatic heterocycles. The number of hydrogen-bond acceptors (Lipinski definition) is 4. The number of nitrogens with two attached hydrogens (primary N) is 1. The van der Waals surface area contributed by atoms with E-state index in [0.717, 1.165) is 17.0 Å². The van der Waals surface area contributed by atoms with Gasteiger partial charge in [-0.2, -0.15) is 5.10 Å².